The molecule has 1 aliphatic heterocycles. The fraction of sp³-hybridized carbons (Fsp3) is 0.364. The number of hydrogen-bond acceptors (Lipinski definition) is 1. The maximum atomic E-state index is 13.9. The van der Waals surface area contributed by atoms with Gasteiger partial charge in [0.2, 0.25) is 0 Å². The van der Waals surface area contributed by atoms with Crippen LogP contribution in [0.15, 0.2) is 54.6 Å². The Morgan fingerprint density at radius 3 is 2.42 bits per heavy atom. The molecule has 3 rings (SSSR count). The zero-order valence-electron chi connectivity index (χ0n) is 14.6. The number of nitrogens with zero attached hydrogens (tertiary/aromatic N) is 1. The van der Waals surface area contributed by atoms with Crippen molar-refractivity contribution in [1.29, 1.82) is 0 Å². The summed E-state index contributed by atoms with van der Waals surface area (Å²) in [5, 5.41) is 0. The predicted molar refractivity (Wildman–Crippen MR) is 100 cm³/mol. The lowest BCUT2D eigenvalue weighted by Crippen LogP contribution is -2.32. The molecule has 1 fully saturated rings. The fourth-order valence-electron chi connectivity index (χ4n) is 3.24. The van der Waals surface area contributed by atoms with Crippen molar-refractivity contribution < 1.29 is 4.39 Å². The zero-order valence-corrected chi connectivity index (χ0v) is 14.6. The molecule has 1 heterocycles. The molecule has 2 aromatic rings. The van der Waals surface area contributed by atoms with Gasteiger partial charge in [-0.25, -0.2) is 4.39 Å². The monoisotopic (exact) mass is 323 g/mol. The van der Waals surface area contributed by atoms with Crippen LogP contribution in [-0.2, 0) is 0 Å². The molecule has 0 atom stereocenters. The molecule has 0 aromatic heterocycles. The van der Waals surface area contributed by atoms with Crippen molar-refractivity contribution in [2.75, 3.05) is 19.6 Å². The number of benzene rings is 2. The van der Waals surface area contributed by atoms with Gasteiger partial charge in [0.25, 0.3) is 0 Å². The van der Waals surface area contributed by atoms with Crippen LogP contribution in [0.2, 0.25) is 0 Å². The SMILES string of the molecule is C/C(=C/CN1CCC(C)CC1)c1ccc(-c2ccccc2F)cc1. The fourth-order valence-corrected chi connectivity index (χ4v) is 3.24. The van der Waals surface area contributed by atoms with E-state index in [9.17, 15) is 4.39 Å². The number of rotatable bonds is 4. The Morgan fingerprint density at radius 1 is 1.08 bits per heavy atom. The highest BCUT2D eigenvalue weighted by Gasteiger charge is 2.14. The predicted octanol–water partition coefficient (Wildman–Crippen LogP) is 5.63. The van der Waals surface area contributed by atoms with Crippen molar-refractivity contribution >= 4 is 5.57 Å². The highest BCUT2D eigenvalue weighted by Crippen LogP contribution is 2.25. The molecule has 126 valence electrons. The second-order valence-corrected chi connectivity index (χ2v) is 6.93. The average Bonchev–Trinajstić information content (AvgIpc) is 2.61. The highest BCUT2D eigenvalue weighted by molar-refractivity contribution is 5.69. The molecule has 0 saturated carbocycles. The average molecular weight is 323 g/mol. The summed E-state index contributed by atoms with van der Waals surface area (Å²) in [6.07, 6.45) is 4.93. The van der Waals surface area contributed by atoms with E-state index in [1.54, 1.807) is 6.07 Å². The van der Waals surface area contributed by atoms with Crippen LogP contribution in [0.4, 0.5) is 4.39 Å². The van der Waals surface area contributed by atoms with Gasteiger partial charge in [-0.15, -0.1) is 0 Å². The van der Waals surface area contributed by atoms with E-state index in [0.29, 0.717) is 5.56 Å². The molecule has 1 nitrogen and oxygen atoms in total. The third kappa shape index (κ3) is 4.12. The number of hydrogen-bond donors (Lipinski definition) is 0. The van der Waals surface area contributed by atoms with Gasteiger partial charge in [-0.3, -0.25) is 4.90 Å². The first-order valence-corrected chi connectivity index (χ1v) is 8.88. The number of likely N-dealkylation sites (tertiary alicyclic amines) is 1. The van der Waals surface area contributed by atoms with Crippen LogP contribution in [0.5, 0.6) is 0 Å². The van der Waals surface area contributed by atoms with Crippen LogP contribution >= 0.6 is 0 Å². The third-order valence-corrected chi connectivity index (χ3v) is 5.06. The molecule has 0 aliphatic carbocycles. The minimum atomic E-state index is -0.170. The lowest BCUT2D eigenvalue weighted by atomic mass is 9.98. The minimum absolute atomic E-state index is 0.170. The molecule has 1 saturated heterocycles. The minimum Gasteiger partial charge on any atom is -0.300 e. The Morgan fingerprint density at radius 2 is 1.75 bits per heavy atom. The molecular weight excluding hydrogens is 297 g/mol. The van der Waals surface area contributed by atoms with Gasteiger partial charge in [0.05, 0.1) is 0 Å². The van der Waals surface area contributed by atoms with Gasteiger partial charge in [-0.1, -0.05) is 55.5 Å². The summed E-state index contributed by atoms with van der Waals surface area (Å²) in [5.41, 5.74) is 4.08. The van der Waals surface area contributed by atoms with Gasteiger partial charge in [-0.2, -0.15) is 0 Å². The summed E-state index contributed by atoms with van der Waals surface area (Å²) in [6.45, 7) is 7.93. The summed E-state index contributed by atoms with van der Waals surface area (Å²) >= 11 is 0. The lowest BCUT2D eigenvalue weighted by molar-refractivity contribution is 0.210. The van der Waals surface area contributed by atoms with Crippen molar-refractivity contribution in [3.8, 4) is 11.1 Å². The van der Waals surface area contributed by atoms with Crippen molar-refractivity contribution in [1.82, 2.24) is 4.90 Å². The summed E-state index contributed by atoms with van der Waals surface area (Å²) in [4.78, 5) is 2.53. The molecule has 0 spiro atoms. The van der Waals surface area contributed by atoms with Gasteiger partial charge in [-0.05, 0) is 61.5 Å². The molecule has 24 heavy (non-hydrogen) atoms. The van der Waals surface area contributed by atoms with Crippen LogP contribution in [0.25, 0.3) is 16.7 Å². The molecule has 0 bridgehead atoms. The second-order valence-electron chi connectivity index (χ2n) is 6.93. The largest absolute Gasteiger partial charge is 0.300 e. The molecule has 2 aromatic carbocycles. The van der Waals surface area contributed by atoms with Crippen molar-refractivity contribution in [2.24, 2.45) is 5.92 Å². The van der Waals surface area contributed by atoms with Gasteiger partial charge in [0.1, 0.15) is 5.82 Å². The summed E-state index contributed by atoms with van der Waals surface area (Å²) in [5.74, 6) is 0.703. The summed E-state index contributed by atoms with van der Waals surface area (Å²) in [7, 11) is 0. The Kier molecular flexibility index (Phi) is 5.47. The van der Waals surface area contributed by atoms with Gasteiger partial charge in [0, 0.05) is 12.1 Å². The maximum absolute atomic E-state index is 13.9. The highest BCUT2D eigenvalue weighted by atomic mass is 19.1. The van der Waals surface area contributed by atoms with Crippen molar-refractivity contribution in [3.05, 3.63) is 66.0 Å². The molecule has 0 unspecified atom stereocenters. The zero-order chi connectivity index (χ0) is 16.9. The summed E-state index contributed by atoms with van der Waals surface area (Å²) in [6, 6.07) is 15.1. The van der Waals surface area contributed by atoms with E-state index in [2.05, 4.69) is 37.0 Å². The van der Waals surface area contributed by atoms with Gasteiger partial charge < -0.3 is 0 Å². The molecule has 0 radical (unpaired) electrons. The topological polar surface area (TPSA) is 3.24 Å². The molecule has 1 aliphatic rings. The van der Waals surface area contributed by atoms with Crippen molar-refractivity contribution in [3.63, 3.8) is 0 Å². The van der Waals surface area contributed by atoms with Crippen LogP contribution in [-0.4, -0.2) is 24.5 Å². The lowest BCUT2D eigenvalue weighted by Gasteiger charge is -2.29. The van der Waals surface area contributed by atoms with E-state index in [1.807, 2.05) is 24.3 Å². The first-order valence-electron chi connectivity index (χ1n) is 8.88. The first-order chi connectivity index (χ1) is 11.6. The van der Waals surface area contributed by atoms with Crippen molar-refractivity contribution in [2.45, 2.75) is 26.7 Å². The molecule has 0 N–H and O–H groups in total. The van der Waals surface area contributed by atoms with Crippen LogP contribution < -0.4 is 0 Å². The number of allylic oxidation sites excluding steroid dienone is 1. The van der Waals surface area contributed by atoms with Crippen LogP contribution in [0.3, 0.4) is 0 Å². The summed E-state index contributed by atoms with van der Waals surface area (Å²) < 4.78 is 13.9. The normalized spacial score (nSPS) is 17.2. The smallest absolute Gasteiger partial charge is 0.131 e. The second kappa shape index (κ2) is 7.76. The first kappa shape index (κ1) is 16.9. The molecular formula is C22H26FN. The van der Waals surface area contributed by atoms with E-state index in [1.165, 1.54) is 43.1 Å². The van der Waals surface area contributed by atoms with Crippen LogP contribution in [0.1, 0.15) is 32.3 Å². The van der Waals surface area contributed by atoms with E-state index >= 15 is 0 Å². The standard InChI is InChI=1S/C22H26FN/c1-17-11-14-24(15-12-17)16-13-18(2)19-7-9-20(10-8-19)21-5-3-4-6-22(21)23/h3-10,13,17H,11-12,14-16H2,1-2H3/b18-13-. The van der Waals surface area contributed by atoms with E-state index in [0.717, 1.165) is 18.0 Å². The van der Waals surface area contributed by atoms with Crippen LogP contribution in [0, 0.1) is 11.7 Å². The Balaban J connectivity index is 1.66. The Labute approximate surface area is 144 Å². The number of piperidine rings is 1. The van der Waals surface area contributed by atoms with E-state index in [-0.39, 0.29) is 5.82 Å². The quantitative estimate of drug-likeness (QED) is 0.705. The Bertz CT molecular complexity index is 694. The Hall–Kier alpha value is -1.93. The number of halogens is 1. The molecule has 2 heteroatoms. The molecule has 0 amide bonds. The van der Waals surface area contributed by atoms with Gasteiger partial charge in [0.15, 0.2) is 0 Å². The van der Waals surface area contributed by atoms with E-state index < -0.39 is 0 Å². The third-order valence-electron chi connectivity index (χ3n) is 5.06. The van der Waals surface area contributed by atoms with E-state index in [4.69, 9.17) is 0 Å². The maximum Gasteiger partial charge on any atom is 0.131 e. The van der Waals surface area contributed by atoms with Gasteiger partial charge >= 0.3 is 0 Å².